The Bertz CT molecular complexity index is 1180. The van der Waals surface area contributed by atoms with E-state index in [0.29, 0.717) is 17.4 Å². The van der Waals surface area contributed by atoms with Crippen molar-refractivity contribution in [1.82, 2.24) is 19.4 Å². The van der Waals surface area contributed by atoms with Gasteiger partial charge in [0.25, 0.3) is 5.91 Å². The zero-order chi connectivity index (χ0) is 20.7. The molecule has 0 bridgehead atoms. The van der Waals surface area contributed by atoms with Gasteiger partial charge in [0.15, 0.2) is 5.16 Å². The normalized spacial score (nSPS) is 16.5. The second kappa shape index (κ2) is 7.85. The summed E-state index contributed by atoms with van der Waals surface area (Å²) in [5.74, 6) is -0.387. The Kier molecular flexibility index (Phi) is 5.04. The van der Waals surface area contributed by atoms with Crippen LogP contribution in [-0.4, -0.2) is 38.1 Å². The summed E-state index contributed by atoms with van der Waals surface area (Å²) in [5, 5.41) is 1.67. The smallest absolute Gasteiger partial charge is 0.273 e. The van der Waals surface area contributed by atoms with Crippen LogP contribution in [0, 0.1) is 5.82 Å². The Labute approximate surface area is 181 Å². The van der Waals surface area contributed by atoms with Gasteiger partial charge in [0, 0.05) is 12.2 Å². The summed E-state index contributed by atoms with van der Waals surface area (Å²) in [5.41, 5.74) is 2.18. The molecule has 3 heterocycles. The molecule has 0 aliphatic carbocycles. The van der Waals surface area contributed by atoms with Gasteiger partial charge in [-0.3, -0.25) is 9.36 Å². The molecule has 2 aromatic carbocycles. The Balaban J connectivity index is 1.52. The van der Waals surface area contributed by atoms with E-state index >= 15 is 0 Å². The molecule has 1 aliphatic rings. The van der Waals surface area contributed by atoms with Crippen LogP contribution in [0.1, 0.15) is 34.4 Å². The van der Waals surface area contributed by atoms with Gasteiger partial charge in [-0.2, -0.15) is 0 Å². The minimum Gasteiger partial charge on any atom is -0.328 e. The highest BCUT2D eigenvalue weighted by molar-refractivity contribution is 7.98. The molecule has 4 aromatic rings. The molecule has 152 valence electrons. The number of para-hydroxylation sites is 1. The predicted octanol–water partition coefficient (Wildman–Crippen LogP) is 5.32. The van der Waals surface area contributed by atoms with E-state index in [1.165, 1.54) is 23.9 Å². The number of halogens is 1. The molecule has 1 aliphatic heterocycles. The third kappa shape index (κ3) is 3.30. The van der Waals surface area contributed by atoms with Gasteiger partial charge in [0.1, 0.15) is 16.5 Å². The molecule has 1 amide bonds. The molecular weight excluding hydrogens is 419 g/mol. The van der Waals surface area contributed by atoms with Gasteiger partial charge in [0.05, 0.1) is 22.5 Å². The van der Waals surface area contributed by atoms with Crippen LogP contribution in [0.2, 0.25) is 0 Å². The van der Waals surface area contributed by atoms with Crippen molar-refractivity contribution in [3.63, 3.8) is 0 Å². The number of aromatic nitrogens is 3. The zero-order valence-corrected chi connectivity index (χ0v) is 17.9. The van der Waals surface area contributed by atoms with E-state index in [4.69, 9.17) is 4.98 Å². The molecule has 0 spiro atoms. The first-order chi connectivity index (χ1) is 14.7. The number of likely N-dealkylation sites (tertiary alicyclic amines) is 1. The fourth-order valence-corrected chi connectivity index (χ4v) is 5.58. The molecule has 1 unspecified atom stereocenters. The molecule has 30 heavy (non-hydrogen) atoms. The van der Waals surface area contributed by atoms with E-state index in [9.17, 15) is 9.18 Å². The summed E-state index contributed by atoms with van der Waals surface area (Å²) in [6.07, 6.45) is 5.36. The second-order valence-corrected chi connectivity index (χ2v) is 8.95. The van der Waals surface area contributed by atoms with E-state index in [2.05, 4.69) is 11.1 Å². The van der Waals surface area contributed by atoms with Crippen molar-refractivity contribution in [2.75, 3.05) is 12.8 Å². The van der Waals surface area contributed by atoms with Crippen molar-refractivity contribution in [2.45, 2.75) is 24.0 Å². The van der Waals surface area contributed by atoms with Crippen LogP contribution in [0.15, 0.2) is 59.9 Å². The highest BCUT2D eigenvalue weighted by Crippen LogP contribution is 2.37. The second-order valence-electron chi connectivity index (χ2n) is 7.12. The highest BCUT2D eigenvalue weighted by Gasteiger charge is 2.34. The number of thiazole rings is 1. The van der Waals surface area contributed by atoms with Gasteiger partial charge >= 0.3 is 0 Å². The molecule has 5 rings (SSSR count). The molecule has 0 radical (unpaired) electrons. The lowest BCUT2D eigenvalue weighted by atomic mass is 10.2. The number of benzene rings is 2. The maximum atomic E-state index is 13.6. The van der Waals surface area contributed by atoms with Crippen LogP contribution in [0.4, 0.5) is 4.39 Å². The first kappa shape index (κ1) is 19.3. The van der Waals surface area contributed by atoms with Crippen LogP contribution >= 0.6 is 23.1 Å². The highest BCUT2D eigenvalue weighted by atomic mass is 32.2. The summed E-state index contributed by atoms with van der Waals surface area (Å²) in [4.78, 5) is 24.7. The predicted molar refractivity (Wildman–Crippen MR) is 118 cm³/mol. The fourth-order valence-electron chi connectivity index (χ4n) is 3.92. The molecule has 2 aromatic heterocycles. The van der Waals surface area contributed by atoms with Crippen LogP contribution in [0.25, 0.3) is 15.9 Å². The standard InChI is InChI=1S/C22H19FN4OS2/c1-29-22-24-13-18(27(22)15-10-8-14(23)9-11-15)21(28)26-12-4-6-17(26)20-25-16-5-2-3-7-19(16)30-20/h2-3,5,7-11,13,17H,4,6,12H2,1H3. The lowest BCUT2D eigenvalue weighted by Gasteiger charge is -2.23. The summed E-state index contributed by atoms with van der Waals surface area (Å²) in [6.45, 7) is 0.683. The minimum atomic E-state index is -0.312. The van der Waals surface area contributed by atoms with Gasteiger partial charge in [-0.25, -0.2) is 14.4 Å². The zero-order valence-electron chi connectivity index (χ0n) is 16.3. The van der Waals surface area contributed by atoms with Crippen molar-refractivity contribution < 1.29 is 9.18 Å². The molecule has 1 fully saturated rings. The third-order valence-electron chi connectivity index (χ3n) is 5.33. The van der Waals surface area contributed by atoms with Gasteiger partial charge in [0.2, 0.25) is 0 Å². The number of carbonyl (C=O) groups is 1. The third-order valence-corrected chi connectivity index (χ3v) is 7.12. The topological polar surface area (TPSA) is 51.0 Å². The van der Waals surface area contributed by atoms with E-state index in [-0.39, 0.29) is 17.8 Å². The largest absolute Gasteiger partial charge is 0.328 e. The summed E-state index contributed by atoms with van der Waals surface area (Å²) < 4.78 is 16.4. The van der Waals surface area contributed by atoms with Gasteiger partial charge < -0.3 is 4.90 Å². The van der Waals surface area contributed by atoms with Crippen LogP contribution in [-0.2, 0) is 0 Å². The van der Waals surface area contributed by atoms with Crippen molar-refractivity contribution >= 4 is 39.2 Å². The maximum absolute atomic E-state index is 13.6. The van der Waals surface area contributed by atoms with E-state index in [0.717, 1.165) is 33.8 Å². The molecule has 1 saturated heterocycles. The number of hydrogen-bond acceptors (Lipinski definition) is 5. The van der Waals surface area contributed by atoms with Crippen molar-refractivity contribution in [1.29, 1.82) is 0 Å². The average Bonchev–Trinajstić information content (AvgIpc) is 3.50. The minimum absolute atomic E-state index is 0.0378. The lowest BCUT2D eigenvalue weighted by molar-refractivity contribution is 0.0726. The molecule has 8 heteroatoms. The van der Waals surface area contributed by atoms with Gasteiger partial charge in [-0.1, -0.05) is 23.9 Å². The number of fused-ring (bicyclic) bond motifs is 1. The molecule has 0 N–H and O–H groups in total. The quantitative estimate of drug-likeness (QED) is 0.405. The molecule has 5 nitrogen and oxygen atoms in total. The Hall–Kier alpha value is -2.71. The van der Waals surface area contributed by atoms with E-state index in [1.807, 2.05) is 29.4 Å². The molecule has 1 atom stereocenters. The number of thioether (sulfide) groups is 1. The van der Waals surface area contributed by atoms with Crippen LogP contribution in [0.3, 0.4) is 0 Å². The average molecular weight is 439 g/mol. The van der Waals surface area contributed by atoms with Crippen molar-refractivity contribution in [3.05, 3.63) is 71.2 Å². The number of hydrogen-bond donors (Lipinski definition) is 0. The number of rotatable bonds is 4. The SMILES string of the molecule is CSc1ncc(C(=O)N2CCCC2c2nc3ccccc3s2)n1-c1ccc(F)cc1. The summed E-state index contributed by atoms with van der Waals surface area (Å²) >= 11 is 3.10. The molecular formula is C22H19FN4OS2. The first-order valence-corrected chi connectivity index (χ1v) is 11.7. The van der Waals surface area contributed by atoms with Crippen LogP contribution < -0.4 is 0 Å². The number of nitrogens with zero attached hydrogens (tertiary/aromatic N) is 4. The summed E-state index contributed by atoms with van der Waals surface area (Å²) in [6, 6.07) is 14.1. The summed E-state index contributed by atoms with van der Waals surface area (Å²) in [7, 11) is 0. The van der Waals surface area contributed by atoms with Crippen LogP contribution in [0.5, 0.6) is 0 Å². The Morgan fingerprint density at radius 2 is 2.00 bits per heavy atom. The lowest BCUT2D eigenvalue weighted by Crippen LogP contribution is -2.32. The van der Waals surface area contributed by atoms with Gasteiger partial charge in [-0.05, 0) is 55.5 Å². The monoisotopic (exact) mass is 438 g/mol. The fraction of sp³-hybridized carbons (Fsp3) is 0.227. The maximum Gasteiger partial charge on any atom is 0.273 e. The number of carbonyl (C=O) groups excluding carboxylic acids is 1. The van der Waals surface area contributed by atoms with Crippen molar-refractivity contribution in [2.24, 2.45) is 0 Å². The number of imidazole rings is 1. The van der Waals surface area contributed by atoms with Crippen molar-refractivity contribution in [3.8, 4) is 5.69 Å². The Morgan fingerprint density at radius 3 is 2.77 bits per heavy atom. The van der Waals surface area contributed by atoms with Gasteiger partial charge in [-0.15, -0.1) is 11.3 Å². The number of amides is 1. The first-order valence-electron chi connectivity index (χ1n) is 9.70. The van der Waals surface area contributed by atoms with E-state index < -0.39 is 0 Å². The Morgan fingerprint density at radius 1 is 1.20 bits per heavy atom. The molecule has 0 saturated carbocycles. The van der Waals surface area contributed by atoms with E-state index in [1.54, 1.807) is 34.2 Å².